The lowest BCUT2D eigenvalue weighted by Crippen LogP contribution is -2.30. The van der Waals surface area contributed by atoms with E-state index in [2.05, 4.69) is 49.4 Å². The normalized spacial score (nSPS) is 12.2. The van der Waals surface area contributed by atoms with Crippen LogP contribution in [0.5, 0.6) is 0 Å². The second-order valence-electron chi connectivity index (χ2n) is 7.86. The van der Waals surface area contributed by atoms with E-state index in [4.69, 9.17) is 4.42 Å². The van der Waals surface area contributed by atoms with Crippen LogP contribution in [-0.2, 0) is 12.5 Å². The number of hydrogen-bond acceptors (Lipinski definition) is 2. The smallest absolute Gasteiger partial charge is 0.229 e. The van der Waals surface area contributed by atoms with E-state index in [0.717, 1.165) is 33.2 Å². The zero-order valence-electron chi connectivity index (χ0n) is 15.7. The lowest BCUT2D eigenvalue weighted by molar-refractivity contribution is -0.660. The molecule has 0 amide bonds. The number of furan rings is 1. The molecular formula is C22H22FN2O+. The summed E-state index contributed by atoms with van der Waals surface area (Å²) in [6.07, 6.45) is 2.01. The summed E-state index contributed by atoms with van der Waals surface area (Å²) < 4.78 is 21.9. The summed E-state index contributed by atoms with van der Waals surface area (Å²) in [7, 11) is 2.01. The summed E-state index contributed by atoms with van der Waals surface area (Å²) in [5.41, 5.74) is 5.42. The molecule has 0 fully saturated rings. The van der Waals surface area contributed by atoms with E-state index >= 15 is 0 Å². The predicted molar refractivity (Wildman–Crippen MR) is 102 cm³/mol. The molecule has 4 heteroatoms. The van der Waals surface area contributed by atoms with Gasteiger partial charge in [-0.3, -0.25) is 0 Å². The van der Waals surface area contributed by atoms with E-state index in [1.54, 1.807) is 6.07 Å². The molecular weight excluding hydrogens is 327 g/mol. The van der Waals surface area contributed by atoms with Crippen molar-refractivity contribution < 1.29 is 13.4 Å². The molecule has 0 unspecified atom stereocenters. The van der Waals surface area contributed by atoms with E-state index in [1.807, 2.05) is 25.4 Å². The quantitative estimate of drug-likeness (QED) is 0.348. The summed E-state index contributed by atoms with van der Waals surface area (Å²) in [4.78, 5) is 3.98. The molecule has 0 aliphatic carbocycles. The largest absolute Gasteiger partial charge is 0.437 e. The van der Waals surface area contributed by atoms with Gasteiger partial charge in [0, 0.05) is 22.9 Å². The van der Waals surface area contributed by atoms with Crippen LogP contribution in [0.3, 0.4) is 0 Å². The summed E-state index contributed by atoms with van der Waals surface area (Å²) in [6, 6.07) is 11.5. The van der Waals surface area contributed by atoms with Crippen LogP contribution in [0, 0.1) is 12.9 Å². The monoisotopic (exact) mass is 349 g/mol. The molecule has 3 nitrogen and oxygen atoms in total. The topological polar surface area (TPSA) is 29.9 Å². The predicted octanol–water partition coefficient (Wildman–Crippen LogP) is 5.22. The highest BCUT2D eigenvalue weighted by molar-refractivity contribution is 6.11. The van der Waals surface area contributed by atoms with Gasteiger partial charge in [-0.05, 0) is 41.7 Å². The molecule has 0 radical (unpaired) electrons. The maximum Gasteiger partial charge on any atom is 0.229 e. The number of fused-ring (bicyclic) bond motifs is 3. The second-order valence-corrected chi connectivity index (χ2v) is 7.86. The maximum absolute atomic E-state index is 13.7. The Morgan fingerprint density at radius 3 is 2.58 bits per heavy atom. The first-order chi connectivity index (χ1) is 12.3. The Morgan fingerprint density at radius 1 is 1.12 bits per heavy atom. The first-order valence-electron chi connectivity index (χ1n) is 8.75. The average Bonchev–Trinajstić information content (AvgIpc) is 2.92. The first-order valence-corrected chi connectivity index (χ1v) is 8.75. The summed E-state index contributed by atoms with van der Waals surface area (Å²) in [5, 5.41) is 1.87. The Morgan fingerprint density at radius 2 is 1.88 bits per heavy atom. The highest BCUT2D eigenvalue weighted by Crippen LogP contribution is 2.42. The number of pyridine rings is 2. The van der Waals surface area contributed by atoms with Crippen molar-refractivity contribution in [2.45, 2.75) is 33.1 Å². The van der Waals surface area contributed by atoms with Gasteiger partial charge < -0.3 is 4.42 Å². The molecule has 0 N–H and O–H groups in total. The van der Waals surface area contributed by atoms with E-state index in [9.17, 15) is 4.39 Å². The minimum absolute atomic E-state index is 0.0778. The molecule has 0 aliphatic rings. The van der Waals surface area contributed by atoms with Crippen molar-refractivity contribution >= 4 is 22.1 Å². The highest BCUT2D eigenvalue weighted by Gasteiger charge is 2.27. The summed E-state index contributed by atoms with van der Waals surface area (Å²) in [6.45, 7) is 8.63. The molecule has 0 saturated heterocycles. The number of aryl methyl sites for hydroxylation is 2. The van der Waals surface area contributed by atoms with E-state index in [-0.39, 0.29) is 5.41 Å². The van der Waals surface area contributed by atoms with Gasteiger partial charge in [0.2, 0.25) is 17.4 Å². The van der Waals surface area contributed by atoms with Gasteiger partial charge in [0.05, 0.1) is 5.56 Å². The molecule has 26 heavy (non-hydrogen) atoms. The van der Waals surface area contributed by atoms with Crippen molar-refractivity contribution in [3.8, 4) is 11.3 Å². The van der Waals surface area contributed by atoms with Gasteiger partial charge in [-0.15, -0.1) is 0 Å². The minimum atomic E-state index is -0.530. The second kappa shape index (κ2) is 5.63. The fourth-order valence-electron chi connectivity index (χ4n) is 3.63. The van der Waals surface area contributed by atoms with Crippen LogP contribution in [-0.4, -0.2) is 4.98 Å². The van der Waals surface area contributed by atoms with Gasteiger partial charge in [-0.1, -0.05) is 26.8 Å². The number of hydrogen-bond donors (Lipinski definition) is 0. The number of halogens is 1. The zero-order chi connectivity index (χ0) is 18.6. The molecule has 0 aliphatic heterocycles. The molecule has 4 aromatic rings. The number of rotatable bonds is 1. The molecule has 3 aromatic heterocycles. The third kappa shape index (κ3) is 2.48. The lowest BCUT2D eigenvalue weighted by atomic mass is 9.82. The number of nitrogens with zero attached hydrogens (tertiary/aromatic N) is 2. The van der Waals surface area contributed by atoms with Crippen molar-refractivity contribution in [3.05, 3.63) is 59.7 Å². The standard InChI is InChI=1S/C22H22FN2O/c1-13-12-15(22(2,3)4)19-14-9-10-17(23)24-21(14)26-20(19)18(13)16-8-6-7-11-25(16)5/h6-12H,1-5H3/q+1. The molecule has 1 aromatic carbocycles. The van der Waals surface area contributed by atoms with Crippen molar-refractivity contribution in [2.75, 3.05) is 0 Å². The molecule has 0 bridgehead atoms. The van der Waals surface area contributed by atoms with Crippen LogP contribution in [0.2, 0.25) is 0 Å². The van der Waals surface area contributed by atoms with Gasteiger partial charge in [-0.25, -0.2) is 4.57 Å². The minimum Gasteiger partial charge on any atom is -0.437 e. The average molecular weight is 349 g/mol. The Balaban J connectivity index is 2.23. The lowest BCUT2D eigenvalue weighted by Gasteiger charge is -2.22. The van der Waals surface area contributed by atoms with Crippen LogP contribution < -0.4 is 4.57 Å². The summed E-state index contributed by atoms with van der Waals surface area (Å²) in [5.74, 6) is -0.530. The number of benzene rings is 1. The van der Waals surface area contributed by atoms with Crippen LogP contribution >= 0.6 is 0 Å². The highest BCUT2D eigenvalue weighted by atomic mass is 19.1. The van der Waals surface area contributed by atoms with E-state index in [0.29, 0.717) is 5.71 Å². The van der Waals surface area contributed by atoms with Gasteiger partial charge in [0.1, 0.15) is 7.05 Å². The van der Waals surface area contributed by atoms with Crippen molar-refractivity contribution in [1.82, 2.24) is 4.98 Å². The third-order valence-corrected chi connectivity index (χ3v) is 4.89. The van der Waals surface area contributed by atoms with Crippen molar-refractivity contribution in [3.63, 3.8) is 0 Å². The van der Waals surface area contributed by atoms with Crippen LogP contribution in [0.1, 0.15) is 31.9 Å². The molecule has 0 saturated carbocycles. The molecule has 0 spiro atoms. The van der Waals surface area contributed by atoms with Crippen LogP contribution in [0.4, 0.5) is 4.39 Å². The molecule has 4 rings (SSSR count). The van der Waals surface area contributed by atoms with Crippen molar-refractivity contribution in [2.24, 2.45) is 7.05 Å². The zero-order valence-corrected chi connectivity index (χ0v) is 15.7. The van der Waals surface area contributed by atoms with Gasteiger partial charge in [-0.2, -0.15) is 9.37 Å². The van der Waals surface area contributed by atoms with Crippen LogP contribution in [0.25, 0.3) is 33.3 Å². The Labute approximate surface area is 152 Å². The Bertz CT molecular complexity index is 1150. The van der Waals surface area contributed by atoms with Gasteiger partial charge in [0.25, 0.3) is 0 Å². The van der Waals surface area contributed by atoms with Gasteiger partial charge in [0.15, 0.2) is 11.8 Å². The number of aromatic nitrogens is 2. The molecule has 0 atom stereocenters. The fourth-order valence-corrected chi connectivity index (χ4v) is 3.63. The SMILES string of the molecule is Cc1cc(C(C)(C)C)c2c(oc3nc(F)ccc32)c1-c1cccc[n+]1C. The van der Waals surface area contributed by atoms with Crippen LogP contribution in [0.15, 0.2) is 47.0 Å². The maximum atomic E-state index is 13.7. The summed E-state index contributed by atoms with van der Waals surface area (Å²) >= 11 is 0. The molecule has 132 valence electrons. The van der Waals surface area contributed by atoms with Crippen molar-refractivity contribution in [1.29, 1.82) is 0 Å². The van der Waals surface area contributed by atoms with E-state index in [1.165, 1.54) is 11.6 Å². The van der Waals surface area contributed by atoms with Gasteiger partial charge >= 0.3 is 0 Å². The fraction of sp³-hybridized carbons (Fsp3) is 0.273. The third-order valence-electron chi connectivity index (χ3n) is 4.89. The first kappa shape index (κ1) is 16.7. The van der Waals surface area contributed by atoms with E-state index < -0.39 is 5.95 Å². The Kier molecular flexibility index (Phi) is 3.62. The Hall–Kier alpha value is -2.75. The molecule has 3 heterocycles.